The van der Waals surface area contributed by atoms with Crippen LogP contribution in [0.3, 0.4) is 0 Å². The van der Waals surface area contributed by atoms with Gasteiger partial charge in [0.05, 0.1) is 29.5 Å². The van der Waals surface area contributed by atoms with Crippen LogP contribution in [0.2, 0.25) is 0 Å². The Morgan fingerprint density at radius 3 is 2.42 bits per heavy atom. The highest BCUT2D eigenvalue weighted by atomic mass is 32.1. The van der Waals surface area contributed by atoms with Gasteiger partial charge in [-0.1, -0.05) is 17.7 Å². The summed E-state index contributed by atoms with van der Waals surface area (Å²) in [5, 5.41) is 13.4. The SMILES string of the molecule is COc1ccc([N+](=O)[O-])cc1OCc1csc(N(C(C)=O)c2c(C)cc(C)cc2C)n1. The zero-order valence-electron chi connectivity index (χ0n) is 18.0. The van der Waals surface area contributed by atoms with Gasteiger partial charge < -0.3 is 9.47 Å². The third-order valence-corrected chi connectivity index (χ3v) is 5.51. The van der Waals surface area contributed by atoms with Crippen LogP contribution in [0.5, 0.6) is 11.5 Å². The van der Waals surface area contributed by atoms with Gasteiger partial charge in [-0.3, -0.25) is 19.8 Å². The highest BCUT2D eigenvalue weighted by molar-refractivity contribution is 7.14. The van der Waals surface area contributed by atoms with Gasteiger partial charge in [-0.05, 0) is 38.0 Å². The largest absolute Gasteiger partial charge is 0.493 e. The van der Waals surface area contributed by atoms with E-state index >= 15 is 0 Å². The first-order valence-corrected chi connectivity index (χ1v) is 10.4. The number of benzene rings is 2. The molecule has 0 unspecified atom stereocenters. The number of anilines is 2. The van der Waals surface area contributed by atoms with Crippen LogP contribution in [0.25, 0.3) is 0 Å². The number of aryl methyl sites for hydroxylation is 3. The van der Waals surface area contributed by atoms with Crippen molar-refractivity contribution in [3.8, 4) is 11.5 Å². The molecule has 1 aromatic heterocycles. The Morgan fingerprint density at radius 2 is 1.84 bits per heavy atom. The molecular formula is C22H23N3O5S. The highest BCUT2D eigenvalue weighted by Gasteiger charge is 2.22. The number of thiazole rings is 1. The summed E-state index contributed by atoms with van der Waals surface area (Å²) >= 11 is 1.33. The predicted octanol–water partition coefficient (Wildman–Crippen LogP) is 5.25. The Kier molecular flexibility index (Phi) is 6.55. The third kappa shape index (κ3) is 4.83. The van der Waals surface area contributed by atoms with Crippen molar-refractivity contribution in [2.24, 2.45) is 0 Å². The molecule has 2 aromatic carbocycles. The van der Waals surface area contributed by atoms with Gasteiger partial charge >= 0.3 is 0 Å². The second-order valence-corrected chi connectivity index (χ2v) is 7.94. The molecule has 0 atom stereocenters. The lowest BCUT2D eigenvalue weighted by Crippen LogP contribution is -2.24. The van der Waals surface area contributed by atoms with Gasteiger partial charge in [0.2, 0.25) is 5.91 Å². The van der Waals surface area contributed by atoms with Gasteiger partial charge in [0.25, 0.3) is 5.69 Å². The number of rotatable bonds is 7. The highest BCUT2D eigenvalue weighted by Crippen LogP contribution is 2.35. The van der Waals surface area contributed by atoms with Gasteiger partial charge in [0, 0.05) is 18.4 Å². The molecule has 9 heteroatoms. The average Bonchev–Trinajstić information content (AvgIpc) is 3.16. The van der Waals surface area contributed by atoms with Crippen LogP contribution in [0.15, 0.2) is 35.7 Å². The number of ether oxygens (including phenoxy) is 2. The van der Waals surface area contributed by atoms with E-state index in [0.29, 0.717) is 16.6 Å². The fourth-order valence-corrected chi connectivity index (χ4v) is 4.28. The van der Waals surface area contributed by atoms with Gasteiger partial charge in [-0.25, -0.2) is 4.98 Å². The van der Waals surface area contributed by atoms with Gasteiger partial charge in [-0.15, -0.1) is 11.3 Å². The first-order valence-electron chi connectivity index (χ1n) is 9.49. The molecule has 0 aliphatic carbocycles. The Morgan fingerprint density at radius 1 is 1.16 bits per heavy atom. The molecule has 1 heterocycles. The Hall–Kier alpha value is -3.46. The number of carbonyl (C=O) groups is 1. The molecule has 0 spiro atoms. The Balaban J connectivity index is 1.87. The second-order valence-electron chi connectivity index (χ2n) is 7.10. The van der Waals surface area contributed by atoms with E-state index in [1.54, 1.807) is 10.3 Å². The van der Waals surface area contributed by atoms with Crippen LogP contribution in [-0.4, -0.2) is 22.9 Å². The topological polar surface area (TPSA) is 94.8 Å². The van der Waals surface area contributed by atoms with Crippen LogP contribution in [0.1, 0.15) is 29.3 Å². The number of hydrogen-bond acceptors (Lipinski definition) is 7. The molecule has 0 fully saturated rings. The zero-order chi connectivity index (χ0) is 22.7. The predicted molar refractivity (Wildman–Crippen MR) is 120 cm³/mol. The molecule has 0 saturated carbocycles. The summed E-state index contributed by atoms with van der Waals surface area (Å²) in [6.45, 7) is 7.54. The van der Waals surface area contributed by atoms with E-state index in [1.807, 2.05) is 32.9 Å². The monoisotopic (exact) mass is 441 g/mol. The molecule has 0 aliphatic heterocycles. The number of hydrogen-bond donors (Lipinski definition) is 0. The van der Waals surface area contributed by atoms with E-state index < -0.39 is 4.92 Å². The zero-order valence-corrected chi connectivity index (χ0v) is 18.8. The van der Waals surface area contributed by atoms with Crippen molar-refractivity contribution >= 4 is 33.8 Å². The summed E-state index contributed by atoms with van der Waals surface area (Å²) in [5.74, 6) is 0.495. The first-order chi connectivity index (χ1) is 14.7. The second kappa shape index (κ2) is 9.13. The maximum atomic E-state index is 12.5. The maximum absolute atomic E-state index is 12.5. The summed E-state index contributed by atoms with van der Waals surface area (Å²) < 4.78 is 11.0. The summed E-state index contributed by atoms with van der Waals surface area (Å²) in [6.07, 6.45) is 0. The fourth-order valence-electron chi connectivity index (χ4n) is 3.42. The molecule has 3 aromatic rings. The van der Waals surface area contributed by atoms with Gasteiger partial charge in [-0.2, -0.15) is 0 Å². The van der Waals surface area contributed by atoms with E-state index in [9.17, 15) is 14.9 Å². The Bertz CT molecular complexity index is 1120. The fraction of sp³-hybridized carbons (Fsp3) is 0.273. The molecule has 1 amide bonds. The summed E-state index contributed by atoms with van der Waals surface area (Å²) in [7, 11) is 1.46. The van der Waals surface area contributed by atoms with Crippen LogP contribution in [0.4, 0.5) is 16.5 Å². The number of carbonyl (C=O) groups excluding carboxylic acids is 1. The number of nitrogens with zero attached hydrogens (tertiary/aromatic N) is 3. The van der Waals surface area contributed by atoms with E-state index in [0.717, 1.165) is 22.4 Å². The van der Waals surface area contributed by atoms with E-state index in [4.69, 9.17) is 9.47 Å². The number of methoxy groups -OCH3 is 1. The lowest BCUT2D eigenvalue weighted by Gasteiger charge is -2.23. The van der Waals surface area contributed by atoms with Crippen LogP contribution < -0.4 is 14.4 Å². The lowest BCUT2D eigenvalue weighted by molar-refractivity contribution is -0.385. The molecule has 162 valence electrons. The number of amides is 1. The molecule has 0 radical (unpaired) electrons. The minimum absolute atomic E-state index is 0.0750. The molecule has 8 nitrogen and oxygen atoms in total. The van der Waals surface area contributed by atoms with E-state index in [2.05, 4.69) is 4.98 Å². The van der Waals surface area contributed by atoms with Gasteiger partial charge in [0.15, 0.2) is 16.6 Å². The van der Waals surface area contributed by atoms with Gasteiger partial charge in [0.1, 0.15) is 6.61 Å². The third-order valence-electron chi connectivity index (χ3n) is 4.64. The van der Waals surface area contributed by atoms with Crippen molar-refractivity contribution in [3.63, 3.8) is 0 Å². The molecular weight excluding hydrogens is 418 g/mol. The van der Waals surface area contributed by atoms with Crippen molar-refractivity contribution in [1.82, 2.24) is 4.98 Å². The van der Waals surface area contributed by atoms with Crippen LogP contribution in [0, 0.1) is 30.9 Å². The summed E-state index contributed by atoms with van der Waals surface area (Å²) in [5.41, 5.74) is 4.43. The number of nitro benzene ring substituents is 1. The van der Waals surface area contributed by atoms with E-state index in [1.165, 1.54) is 43.6 Å². The molecule has 0 N–H and O–H groups in total. The first kappa shape index (κ1) is 22.2. The molecule has 3 rings (SSSR count). The molecule has 0 bridgehead atoms. The number of non-ortho nitro benzene ring substituents is 1. The summed E-state index contributed by atoms with van der Waals surface area (Å²) in [6, 6.07) is 8.21. The van der Waals surface area contributed by atoms with Crippen molar-refractivity contribution in [3.05, 3.63) is 68.2 Å². The molecule has 0 saturated heterocycles. The number of aromatic nitrogens is 1. The quantitative estimate of drug-likeness (QED) is 0.367. The van der Waals surface area contributed by atoms with Crippen molar-refractivity contribution in [2.45, 2.75) is 34.3 Å². The maximum Gasteiger partial charge on any atom is 0.273 e. The van der Waals surface area contributed by atoms with Crippen LogP contribution in [-0.2, 0) is 11.4 Å². The normalized spacial score (nSPS) is 10.6. The molecule has 31 heavy (non-hydrogen) atoms. The smallest absolute Gasteiger partial charge is 0.273 e. The van der Waals surface area contributed by atoms with Crippen LogP contribution >= 0.6 is 11.3 Å². The number of nitro groups is 1. The Labute approximate surface area is 184 Å². The van der Waals surface area contributed by atoms with Crippen molar-refractivity contribution in [1.29, 1.82) is 0 Å². The van der Waals surface area contributed by atoms with Crippen molar-refractivity contribution in [2.75, 3.05) is 12.0 Å². The minimum Gasteiger partial charge on any atom is -0.493 e. The standard InChI is InChI=1S/C22H23N3O5S/c1-13-8-14(2)21(15(3)9-13)24(16(4)26)22-23-17(12-31-22)11-30-20-10-18(25(27)28)6-7-19(20)29-5/h6-10,12H,11H2,1-5H3. The lowest BCUT2D eigenvalue weighted by atomic mass is 10.0. The van der Waals surface area contributed by atoms with Crippen molar-refractivity contribution < 1.29 is 19.2 Å². The average molecular weight is 442 g/mol. The minimum atomic E-state index is -0.496. The van der Waals surface area contributed by atoms with E-state index in [-0.39, 0.29) is 24.0 Å². The summed E-state index contributed by atoms with van der Waals surface area (Å²) in [4.78, 5) is 29.2. The molecule has 0 aliphatic rings.